The van der Waals surface area contributed by atoms with E-state index in [1.165, 1.54) is 0 Å². The zero-order chi connectivity index (χ0) is 15.2. The molecule has 116 valence electrons. The van der Waals surface area contributed by atoms with Gasteiger partial charge in [-0.25, -0.2) is 10.2 Å². The summed E-state index contributed by atoms with van der Waals surface area (Å²) >= 11 is 0. The molecule has 20 heavy (non-hydrogen) atoms. The van der Waals surface area contributed by atoms with E-state index in [0.717, 1.165) is 19.4 Å². The molecule has 2 amide bonds. The fourth-order valence-corrected chi connectivity index (χ4v) is 2.07. The number of hydrogen-bond donors (Lipinski definition) is 3. The molecule has 1 fully saturated rings. The fourth-order valence-electron chi connectivity index (χ4n) is 2.07. The maximum atomic E-state index is 11.9. The van der Waals surface area contributed by atoms with Gasteiger partial charge in [0.15, 0.2) is 0 Å². The monoisotopic (exact) mass is 286 g/mol. The van der Waals surface area contributed by atoms with Gasteiger partial charge in [0.25, 0.3) is 0 Å². The van der Waals surface area contributed by atoms with Crippen molar-refractivity contribution in [2.45, 2.75) is 45.3 Å². The van der Waals surface area contributed by atoms with Gasteiger partial charge in [0.2, 0.25) is 5.91 Å². The number of hydrazine groups is 1. The van der Waals surface area contributed by atoms with Gasteiger partial charge < -0.3 is 15.0 Å². The Morgan fingerprint density at radius 1 is 1.35 bits per heavy atom. The molecule has 1 heterocycles. The Balaban J connectivity index is 2.40. The summed E-state index contributed by atoms with van der Waals surface area (Å²) in [7, 11) is 1.72. The summed E-state index contributed by atoms with van der Waals surface area (Å²) in [5, 5.41) is 2.83. The van der Waals surface area contributed by atoms with Crippen LogP contribution in [0.4, 0.5) is 4.79 Å². The molecule has 1 saturated heterocycles. The first kappa shape index (κ1) is 16.7. The first-order valence-corrected chi connectivity index (χ1v) is 6.98. The van der Waals surface area contributed by atoms with Crippen molar-refractivity contribution in [1.29, 1.82) is 0 Å². The molecule has 0 aromatic heterocycles. The number of nitrogens with one attached hydrogen (secondary N) is 3. The van der Waals surface area contributed by atoms with Crippen LogP contribution in [0.5, 0.6) is 0 Å². The van der Waals surface area contributed by atoms with Crippen LogP contribution in [-0.4, -0.2) is 55.2 Å². The second-order valence-corrected chi connectivity index (χ2v) is 5.93. The van der Waals surface area contributed by atoms with E-state index in [1.54, 1.807) is 11.9 Å². The van der Waals surface area contributed by atoms with Crippen LogP contribution >= 0.6 is 0 Å². The van der Waals surface area contributed by atoms with Crippen molar-refractivity contribution in [3.05, 3.63) is 0 Å². The summed E-state index contributed by atoms with van der Waals surface area (Å²) in [6.45, 7) is 6.99. The van der Waals surface area contributed by atoms with Crippen LogP contribution in [0, 0.1) is 0 Å². The lowest BCUT2D eigenvalue weighted by molar-refractivity contribution is -0.131. The van der Waals surface area contributed by atoms with E-state index in [9.17, 15) is 9.59 Å². The smallest absolute Gasteiger partial charge is 0.407 e. The number of carbonyl (C=O) groups excluding carboxylic acids is 2. The number of piperidine rings is 1. The number of carbonyl (C=O) groups is 2. The molecule has 0 aromatic rings. The van der Waals surface area contributed by atoms with E-state index < -0.39 is 11.7 Å². The summed E-state index contributed by atoms with van der Waals surface area (Å²) in [6.07, 6.45) is 1.32. The third kappa shape index (κ3) is 6.21. The van der Waals surface area contributed by atoms with Crippen LogP contribution in [0.1, 0.15) is 33.6 Å². The minimum atomic E-state index is -0.509. The molecule has 1 rings (SSSR count). The molecule has 7 nitrogen and oxygen atoms in total. The van der Waals surface area contributed by atoms with Crippen LogP contribution in [0.15, 0.2) is 0 Å². The average molecular weight is 286 g/mol. The van der Waals surface area contributed by atoms with Gasteiger partial charge in [0.05, 0.1) is 6.54 Å². The number of ether oxygens (including phenoxy) is 1. The molecule has 1 aliphatic rings. The van der Waals surface area contributed by atoms with Crippen molar-refractivity contribution in [2.75, 3.05) is 26.7 Å². The van der Waals surface area contributed by atoms with Gasteiger partial charge in [0.1, 0.15) is 5.60 Å². The van der Waals surface area contributed by atoms with Crippen LogP contribution in [0.2, 0.25) is 0 Å². The normalized spacial score (nSPS) is 19.6. The van der Waals surface area contributed by atoms with E-state index in [0.29, 0.717) is 6.54 Å². The lowest BCUT2D eigenvalue weighted by Gasteiger charge is -2.33. The Bertz CT molecular complexity index is 341. The summed E-state index contributed by atoms with van der Waals surface area (Å²) in [4.78, 5) is 25.4. The first-order chi connectivity index (χ1) is 9.31. The van der Waals surface area contributed by atoms with Gasteiger partial charge >= 0.3 is 6.09 Å². The van der Waals surface area contributed by atoms with Crippen molar-refractivity contribution >= 4 is 12.0 Å². The summed E-state index contributed by atoms with van der Waals surface area (Å²) in [5.74, 6) is 0.0232. The van der Waals surface area contributed by atoms with E-state index in [1.807, 2.05) is 20.8 Å². The zero-order valence-electron chi connectivity index (χ0n) is 12.8. The Hall–Kier alpha value is -1.34. The molecule has 0 saturated carbocycles. The summed E-state index contributed by atoms with van der Waals surface area (Å²) in [6, 6.07) is -0.0443. The largest absolute Gasteiger partial charge is 0.444 e. The Morgan fingerprint density at radius 3 is 2.65 bits per heavy atom. The zero-order valence-corrected chi connectivity index (χ0v) is 12.8. The van der Waals surface area contributed by atoms with Crippen LogP contribution in [0.3, 0.4) is 0 Å². The van der Waals surface area contributed by atoms with Gasteiger partial charge in [-0.05, 0) is 40.7 Å². The number of rotatable bonds is 4. The highest BCUT2D eigenvalue weighted by Gasteiger charge is 2.26. The third-order valence-corrected chi connectivity index (χ3v) is 2.91. The highest BCUT2D eigenvalue weighted by molar-refractivity contribution is 5.78. The molecule has 1 atom stereocenters. The molecule has 7 heteroatoms. The molecule has 0 bridgehead atoms. The Labute approximate surface area is 120 Å². The van der Waals surface area contributed by atoms with Crippen molar-refractivity contribution in [2.24, 2.45) is 0 Å². The Morgan fingerprint density at radius 2 is 2.05 bits per heavy atom. The number of likely N-dealkylation sites (tertiary alicyclic amines) is 1. The molecule has 0 unspecified atom stereocenters. The van der Waals surface area contributed by atoms with Crippen LogP contribution < -0.4 is 16.2 Å². The van der Waals surface area contributed by atoms with Crippen LogP contribution in [-0.2, 0) is 9.53 Å². The quantitative estimate of drug-likeness (QED) is 0.644. The molecule has 0 aliphatic carbocycles. The predicted molar refractivity (Wildman–Crippen MR) is 76.0 cm³/mol. The fraction of sp³-hybridized carbons (Fsp3) is 0.846. The summed E-state index contributed by atoms with van der Waals surface area (Å²) in [5.41, 5.74) is 4.99. The second kappa shape index (κ2) is 7.44. The lowest BCUT2D eigenvalue weighted by atomic mass is 10.1. The Kier molecular flexibility index (Phi) is 6.22. The van der Waals surface area contributed by atoms with E-state index >= 15 is 0 Å². The number of amides is 2. The molecular weight excluding hydrogens is 260 g/mol. The number of nitrogens with zero attached hydrogens (tertiary/aromatic N) is 1. The van der Waals surface area contributed by atoms with Gasteiger partial charge in [-0.3, -0.25) is 10.2 Å². The lowest BCUT2D eigenvalue weighted by Crippen LogP contribution is -2.52. The van der Waals surface area contributed by atoms with Crippen molar-refractivity contribution in [1.82, 2.24) is 21.1 Å². The van der Waals surface area contributed by atoms with Crippen molar-refractivity contribution < 1.29 is 14.3 Å². The first-order valence-electron chi connectivity index (χ1n) is 6.98. The molecule has 0 aromatic carbocycles. The number of hydrogen-bond acceptors (Lipinski definition) is 5. The van der Waals surface area contributed by atoms with E-state index in [-0.39, 0.29) is 18.5 Å². The topological polar surface area (TPSA) is 82.7 Å². The second-order valence-electron chi connectivity index (χ2n) is 5.93. The standard InChI is InChI=1S/C13H26N4O3/c1-13(2,3)20-12(19)16-10-6-5-7-17(9-10)11(18)8-15-14-4/h10,14-15H,5-9H2,1-4H3,(H,16,19)/t10-/m1/s1. The van der Waals surface area contributed by atoms with Crippen molar-refractivity contribution in [3.63, 3.8) is 0 Å². The SMILES string of the molecule is CNNCC(=O)N1CCC[C@@H](NC(=O)OC(C)(C)C)C1. The minimum absolute atomic E-state index is 0.0232. The molecule has 0 radical (unpaired) electrons. The third-order valence-electron chi connectivity index (χ3n) is 2.91. The maximum Gasteiger partial charge on any atom is 0.407 e. The predicted octanol–water partition coefficient (Wildman–Crippen LogP) is 0.226. The van der Waals surface area contributed by atoms with Gasteiger partial charge in [-0.2, -0.15) is 0 Å². The van der Waals surface area contributed by atoms with Gasteiger partial charge in [0, 0.05) is 19.1 Å². The van der Waals surface area contributed by atoms with Crippen molar-refractivity contribution in [3.8, 4) is 0 Å². The van der Waals surface area contributed by atoms with Crippen LogP contribution in [0.25, 0.3) is 0 Å². The van der Waals surface area contributed by atoms with Gasteiger partial charge in [-0.15, -0.1) is 0 Å². The average Bonchev–Trinajstić information content (AvgIpc) is 2.33. The highest BCUT2D eigenvalue weighted by atomic mass is 16.6. The minimum Gasteiger partial charge on any atom is -0.444 e. The number of alkyl carbamates (subject to hydrolysis) is 1. The maximum absolute atomic E-state index is 11.9. The van der Waals surface area contributed by atoms with E-state index in [4.69, 9.17) is 4.74 Å². The molecule has 3 N–H and O–H groups in total. The van der Waals surface area contributed by atoms with E-state index in [2.05, 4.69) is 16.2 Å². The molecule has 0 spiro atoms. The molecular formula is C13H26N4O3. The highest BCUT2D eigenvalue weighted by Crippen LogP contribution is 2.12. The van der Waals surface area contributed by atoms with Gasteiger partial charge in [-0.1, -0.05) is 0 Å². The molecule has 1 aliphatic heterocycles. The summed E-state index contributed by atoms with van der Waals surface area (Å²) < 4.78 is 5.23.